The van der Waals surface area contributed by atoms with Crippen molar-refractivity contribution in [3.8, 4) is 23.0 Å². The number of nitro groups is 1. The zero-order valence-corrected chi connectivity index (χ0v) is 18.6. The second kappa shape index (κ2) is 10.4. The van der Waals surface area contributed by atoms with Gasteiger partial charge in [-0.3, -0.25) is 10.1 Å². The Morgan fingerprint density at radius 2 is 1.58 bits per heavy atom. The van der Waals surface area contributed by atoms with Gasteiger partial charge in [-0.05, 0) is 30.3 Å². The molecule has 1 unspecified atom stereocenters. The Labute approximate surface area is 200 Å². The van der Waals surface area contributed by atoms with Gasteiger partial charge in [0.1, 0.15) is 11.5 Å². The van der Waals surface area contributed by atoms with Crippen LogP contribution in [0.4, 0.5) is 18.9 Å². The Balaban J connectivity index is 1.89. The van der Waals surface area contributed by atoms with Crippen molar-refractivity contribution in [2.24, 2.45) is 0 Å². The van der Waals surface area contributed by atoms with Crippen LogP contribution in [0.5, 0.6) is 23.0 Å². The van der Waals surface area contributed by atoms with Crippen LogP contribution in [-0.2, 0) is 6.18 Å². The van der Waals surface area contributed by atoms with Crippen LogP contribution in [0.15, 0.2) is 60.7 Å². The molecule has 0 aromatic heterocycles. The molecule has 0 fully saturated rings. The van der Waals surface area contributed by atoms with E-state index in [0.29, 0.717) is 17.9 Å². The Bertz CT molecular complexity index is 1120. The quantitative estimate of drug-likeness (QED) is 0.131. The lowest BCUT2D eigenvalue weighted by atomic mass is 10.2. The minimum atomic E-state index is -4.66. The van der Waals surface area contributed by atoms with Gasteiger partial charge in [-0.2, -0.15) is 13.2 Å². The molecule has 0 aliphatic heterocycles. The van der Waals surface area contributed by atoms with E-state index in [1.807, 2.05) is 0 Å². The SMILES string of the molecule is O=[N+]([O-])c1ccc(Oc2c(Cl)cc(C(F)(F)F)cc2Cl)cc1OC(CCl)Oc1ccccc1. The molecule has 1 atom stereocenters. The van der Waals surface area contributed by atoms with Gasteiger partial charge in [0.15, 0.2) is 5.75 Å². The summed E-state index contributed by atoms with van der Waals surface area (Å²) in [7, 11) is 0. The predicted molar refractivity (Wildman–Crippen MR) is 117 cm³/mol. The zero-order chi connectivity index (χ0) is 24.2. The lowest BCUT2D eigenvalue weighted by Gasteiger charge is -2.19. The van der Waals surface area contributed by atoms with Gasteiger partial charge < -0.3 is 14.2 Å². The Kier molecular flexibility index (Phi) is 7.78. The molecule has 3 aromatic carbocycles. The Morgan fingerprint density at radius 1 is 0.939 bits per heavy atom. The van der Waals surface area contributed by atoms with Crippen molar-refractivity contribution in [2.45, 2.75) is 12.5 Å². The second-order valence-electron chi connectivity index (χ2n) is 6.39. The monoisotopic (exact) mass is 521 g/mol. The van der Waals surface area contributed by atoms with E-state index >= 15 is 0 Å². The topological polar surface area (TPSA) is 70.8 Å². The van der Waals surface area contributed by atoms with Crippen LogP contribution in [0, 0.1) is 10.1 Å². The summed E-state index contributed by atoms with van der Waals surface area (Å²) in [5, 5.41) is 10.6. The van der Waals surface area contributed by atoms with Crippen molar-refractivity contribution in [2.75, 3.05) is 5.88 Å². The lowest BCUT2D eigenvalue weighted by Crippen LogP contribution is -2.26. The van der Waals surface area contributed by atoms with Gasteiger partial charge in [-0.15, -0.1) is 11.6 Å². The summed E-state index contributed by atoms with van der Waals surface area (Å²) in [6, 6.07) is 13.3. The third-order valence-electron chi connectivity index (χ3n) is 4.07. The fraction of sp³-hybridized carbons (Fsp3) is 0.143. The molecule has 174 valence electrons. The fourth-order valence-corrected chi connectivity index (χ4v) is 3.31. The van der Waals surface area contributed by atoms with Crippen molar-refractivity contribution in [3.63, 3.8) is 0 Å². The molecule has 0 amide bonds. The lowest BCUT2D eigenvalue weighted by molar-refractivity contribution is -0.386. The molecule has 6 nitrogen and oxygen atoms in total. The molecular weight excluding hydrogens is 510 g/mol. The first kappa shape index (κ1) is 24.8. The number of hydrogen-bond acceptors (Lipinski definition) is 5. The van der Waals surface area contributed by atoms with Gasteiger partial charge in [0.05, 0.1) is 26.4 Å². The summed E-state index contributed by atoms with van der Waals surface area (Å²) in [5.41, 5.74) is -1.47. The molecule has 0 saturated heterocycles. The molecule has 12 heteroatoms. The molecule has 3 aromatic rings. The van der Waals surface area contributed by atoms with Crippen molar-refractivity contribution in [1.82, 2.24) is 0 Å². The molecule has 3 rings (SSSR count). The molecule has 0 aliphatic carbocycles. The average Bonchev–Trinajstić information content (AvgIpc) is 2.75. The molecule has 0 spiro atoms. The molecule has 0 saturated carbocycles. The molecule has 33 heavy (non-hydrogen) atoms. The summed E-state index contributed by atoms with van der Waals surface area (Å²) in [6.45, 7) is 0. The first-order valence-electron chi connectivity index (χ1n) is 9.05. The van der Waals surface area contributed by atoms with Gasteiger partial charge in [0, 0.05) is 12.1 Å². The predicted octanol–water partition coefficient (Wildman–Crippen LogP) is 7.74. The largest absolute Gasteiger partial charge is 0.454 e. The first-order valence-corrected chi connectivity index (χ1v) is 10.3. The normalized spacial score (nSPS) is 12.2. The van der Waals surface area contributed by atoms with E-state index in [0.717, 1.165) is 12.1 Å². The van der Waals surface area contributed by atoms with Crippen LogP contribution in [0.2, 0.25) is 10.0 Å². The number of nitrogens with zero attached hydrogens (tertiary/aromatic N) is 1. The number of alkyl halides is 4. The van der Waals surface area contributed by atoms with Crippen LogP contribution in [0.25, 0.3) is 0 Å². The Hall–Kier alpha value is -2.88. The minimum Gasteiger partial charge on any atom is -0.454 e. The van der Waals surface area contributed by atoms with Crippen LogP contribution in [0.3, 0.4) is 0 Å². The van der Waals surface area contributed by atoms with E-state index in [9.17, 15) is 23.3 Å². The number of benzene rings is 3. The van der Waals surface area contributed by atoms with E-state index in [-0.39, 0.29) is 23.1 Å². The maximum absolute atomic E-state index is 12.9. The summed E-state index contributed by atoms with van der Waals surface area (Å²) in [5.74, 6) is -0.305. The zero-order valence-electron chi connectivity index (χ0n) is 16.3. The standard InChI is InChI=1S/C21H13Cl3F3NO5/c22-11-19(31-13-4-2-1-3-5-13)33-18-10-14(6-7-17(18)28(29)30)32-20-15(23)8-12(9-16(20)24)21(25,26)27/h1-10,19H,11H2. The van der Waals surface area contributed by atoms with Crippen LogP contribution in [0.1, 0.15) is 5.56 Å². The third-order valence-corrected chi connectivity index (χ3v) is 4.88. The highest BCUT2D eigenvalue weighted by atomic mass is 35.5. The summed E-state index contributed by atoms with van der Waals surface area (Å²) in [4.78, 5) is 10.7. The molecule has 0 aliphatic rings. The highest BCUT2D eigenvalue weighted by Crippen LogP contribution is 2.43. The number of nitro benzene ring substituents is 1. The summed E-state index contributed by atoms with van der Waals surface area (Å²) in [6.07, 6.45) is -5.75. The van der Waals surface area contributed by atoms with E-state index in [1.165, 1.54) is 6.07 Å². The maximum atomic E-state index is 12.9. The van der Waals surface area contributed by atoms with E-state index in [4.69, 9.17) is 49.0 Å². The third kappa shape index (κ3) is 6.34. The van der Waals surface area contributed by atoms with Crippen molar-refractivity contribution in [1.29, 1.82) is 0 Å². The van der Waals surface area contributed by atoms with Crippen LogP contribution < -0.4 is 14.2 Å². The minimum absolute atomic E-state index is 0.0350. The van der Waals surface area contributed by atoms with E-state index < -0.39 is 38.7 Å². The number of rotatable bonds is 8. The molecular formula is C21H13Cl3F3NO5. The van der Waals surface area contributed by atoms with Gasteiger partial charge in [0.25, 0.3) is 6.29 Å². The first-order chi connectivity index (χ1) is 15.6. The Morgan fingerprint density at radius 3 is 2.12 bits per heavy atom. The highest BCUT2D eigenvalue weighted by molar-refractivity contribution is 6.37. The van der Waals surface area contributed by atoms with Crippen LogP contribution in [-0.4, -0.2) is 17.1 Å². The van der Waals surface area contributed by atoms with Crippen molar-refractivity contribution >= 4 is 40.5 Å². The molecule has 0 N–H and O–H groups in total. The molecule has 0 heterocycles. The van der Waals surface area contributed by atoms with E-state index in [1.54, 1.807) is 30.3 Å². The summed E-state index contributed by atoms with van der Waals surface area (Å²) < 4.78 is 55.4. The van der Waals surface area contributed by atoms with Gasteiger partial charge in [-0.25, -0.2) is 0 Å². The number of para-hydroxylation sites is 1. The van der Waals surface area contributed by atoms with E-state index in [2.05, 4.69) is 0 Å². The van der Waals surface area contributed by atoms with Gasteiger partial charge in [-0.1, -0.05) is 41.4 Å². The molecule has 0 bridgehead atoms. The number of halogens is 6. The van der Waals surface area contributed by atoms with Crippen molar-refractivity contribution in [3.05, 3.63) is 86.4 Å². The average molecular weight is 523 g/mol. The maximum Gasteiger partial charge on any atom is 0.416 e. The van der Waals surface area contributed by atoms with Gasteiger partial charge in [0.2, 0.25) is 5.75 Å². The van der Waals surface area contributed by atoms with Crippen LogP contribution >= 0.6 is 34.8 Å². The summed E-state index contributed by atoms with van der Waals surface area (Å²) >= 11 is 17.7. The number of hydrogen-bond donors (Lipinski definition) is 0. The molecule has 0 radical (unpaired) electrons. The highest BCUT2D eigenvalue weighted by Gasteiger charge is 2.32. The van der Waals surface area contributed by atoms with Crippen molar-refractivity contribution < 1.29 is 32.3 Å². The fourth-order valence-electron chi connectivity index (χ4n) is 2.62. The second-order valence-corrected chi connectivity index (χ2v) is 7.51. The smallest absolute Gasteiger partial charge is 0.416 e. The van der Waals surface area contributed by atoms with Gasteiger partial charge >= 0.3 is 11.9 Å². The number of ether oxygens (including phenoxy) is 3.